The van der Waals surface area contributed by atoms with Gasteiger partial charge in [0.25, 0.3) is 11.6 Å². The third-order valence-electron chi connectivity index (χ3n) is 3.06. The van der Waals surface area contributed by atoms with Crippen LogP contribution in [0, 0.1) is 15.9 Å². The highest BCUT2D eigenvalue weighted by molar-refractivity contribution is 6.31. The first kappa shape index (κ1) is 19.1. The van der Waals surface area contributed by atoms with Crippen LogP contribution >= 0.6 is 11.6 Å². The smallest absolute Gasteiger partial charge is 0.331 e. The second-order valence-electron chi connectivity index (χ2n) is 4.96. The normalized spacial score (nSPS) is 10.5. The van der Waals surface area contributed by atoms with Gasteiger partial charge in [-0.1, -0.05) is 23.7 Å². The van der Waals surface area contributed by atoms with E-state index in [1.54, 1.807) is 0 Å². The maximum Gasteiger partial charge on any atom is 0.331 e. The van der Waals surface area contributed by atoms with E-state index in [9.17, 15) is 24.1 Å². The average Bonchev–Trinajstić information content (AvgIpc) is 2.61. The molecule has 0 aliphatic rings. The van der Waals surface area contributed by atoms with Gasteiger partial charge in [0.15, 0.2) is 6.61 Å². The van der Waals surface area contributed by atoms with E-state index in [1.165, 1.54) is 42.5 Å². The van der Waals surface area contributed by atoms with Crippen LogP contribution in [0.1, 0.15) is 5.56 Å². The van der Waals surface area contributed by atoms with Gasteiger partial charge in [-0.2, -0.15) is 0 Å². The largest absolute Gasteiger partial charge is 0.452 e. The number of ether oxygens (including phenoxy) is 1. The molecule has 0 unspecified atom stereocenters. The Kier molecular flexibility index (Phi) is 6.40. The maximum absolute atomic E-state index is 12.8. The Morgan fingerprint density at radius 3 is 2.58 bits per heavy atom. The first-order chi connectivity index (χ1) is 12.3. The number of nitrogens with zero attached hydrogens (tertiary/aromatic N) is 1. The van der Waals surface area contributed by atoms with Crippen molar-refractivity contribution >= 4 is 40.9 Å². The fraction of sp³-hybridized carbons (Fsp3) is 0.0588. The van der Waals surface area contributed by atoms with Crippen molar-refractivity contribution in [3.05, 3.63) is 75.1 Å². The van der Waals surface area contributed by atoms with Gasteiger partial charge in [-0.25, -0.2) is 9.18 Å². The van der Waals surface area contributed by atoms with Gasteiger partial charge in [-0.3, -0.25) is 14.9 Å². The molecule has 0 atom stereocenters. The van der Waals surface area contributed by atoms with Gasteiger partial charge in [0.05, 0.1) is 4.92 Å². The molecule has 134 valence electrons. The van der Waals surface area contributed by atoms with Crippen LogP contribution in [0.5, 0.6) is 0 Å². The van der Waals surface area contributed by atoms with Gasteiger partial charge < -0.3 is 10.1 Å². The molecule has 0 heterocycles. The molecule has 7 nitrogen and oxygen atoms in total. The van der Waals surface area contributed by atoms with Gasteiger partial charge in [-0.15, -0.1) is 0 Å². The average molecular weight is 379 g/mol. The van der Waals surface area contributed by atoms with Crippen LogP contribution in [-0.4, -0.2) is 23.4 Å². The number of carbonyl (C=O) groups excluding carboxylic acids is 2. The minimum Gasteiger partial charge on any atom is -0.452 e. The number of hydrogen-bond donors (Lipinski definition) is 1. The number of anilines is 1. The van der Waals surface area contributed by atoms with Crippen molar-refractivity contribution in [2.45, 2.75) is 0 Å². The Balaban J connectivity index is 1.89. The number of hydrogen-bond acceptors (Lipinski definition) is 5. The van der Waals surface area contributed by atoms with Crippen molar-refractivity contribution in [3.63, 3.8) is 0 Å². The Labute approximate surface area is 152 Å². The summed E-state index contributed by atoms with van der Waals surface area (Å²) in [5, 5.41) is 13.4. The summed E-state index contributed by atoms with van der Waals surface area (Å²) in [5.41, 5.74) is 0.125. The molecule has 0 aliphatic heterocycles. The van der Waals surface area contributed by atoms with Crippen LogP contribution in [-0.2, 0) is 14.3 Å². The van der Waals surface area contributed by atoms with Crippen LogP contribution < -0.4 is 5.32 Å². The molecule has 0 radical (unpaired) electrons. The molecular weight excluding hydrogens is 367 g/mol. The van der Waals surface area contributed by atoms with Crippen molar-refractivity contribution in [2.75, 3.05) is 11.9 Å². The van der Waals surface area contributed by atoms with Crippen LogP contribution in [0.4, 0.5) is 15.8 Å². The van der Waals surface area contributed by atoms with E-state index in [4.69, 9.17) is 16.3 Å². The minimum absolute atomic E-state index is 0.0673. The number of nitro groups is 1. The summed E-state index contributed by atoms with van der Waals surface area (Å²) < 4.78 is 17.5. The predicted molar refractivity (Wildman–Crippen MR) is 93.1 cm³/mol. The van der Waals surface area contributed by atoms with E-state index in [2.05, 4.69) is 5.32 Å². The molecule has 9 heteroatoms. The topological polar surface area (TPSA) is 98.5 Å². The number of rotatable bonds is 6. The summed E-state index contributed by atoms with van der Waals surface area (Å²) in [5.74, 6) is -1.95. The molecule has 2 aromatic rings. The zero-order chi connectivity index (χ0) is 19.1. The molecule has 2 aromatic carbocycles. The molecule has 0 bridgehead atoms. The van der Waals surface area contributed by atoms with Crippen molar-refractivity contribution in [1.82, 2.24) is 0 Å². The van der Waals surface area contributed by atoms with Gasteiger partial charge in [0, 0.05) is 17.2 Å². The second-order valence-corrected chi connectivity index (χ2v) is 5.40. The van der Waals surface area contributed by atoms with E-state index in [0.717, 1.165) is 12.1 Å². The quantitative estimate of drug-likeness (QED) is 0.358. The lowest BCUT2D eigenvalue weighted by atomic mass is 10.2. The van der Waals surface area contributed by atoms with Gasteiger partial charge in [-0.05, 0) is 35.9 Å². The van der Waals surface area contributed by atoms with Gasteiger partial charge >= 0.3 is 5.97 Å². The summed E-state index contributed by atoms with van der Waals surface area (Å²) in [6, 6.07) is 9.14. The van der Waals surface area contributed by atoms with E-state index >= 15 is 0 Å². The SMILES string of the molecule is O=C(COC(=O)/C=C/c1ccc(F)cc1)Nc1ccc(Cl)cc1[N+](=O)[O-]. The number of benzene rings is 2. The van der Waals surface area contributed by atoms with Crippen LogP contribution in [0.2, 0.25) is 5.02 Å². The molecule has 0 aromatic heterocycles. The van der Waals surface area contributed by atoms with Crippen LogP contribution in [0.25, 0.3) is 6.08 Å². The Hall–Kier alpha value is -3.26. The molecule has 0 saturated heterocycles. The van der Waals surface area contributed by atoms with E-state index in [0.29, 0.717) is 5.56 Å². The highest BCUT2D eigenvalue weighted by atomic mass is 35.5. The summed E-state index contributed by atoms with van der Waals surface area (Å²) in [6.07, 6.45) is 2.47. The number of nitro benzene ring substituents is 1. The highest BCUT2D eigenvalue weighted by Crippen LogP contribution is 2.27. The van der Waals surface area contributed by atoms with Crippen molar-refractivity contribution in [2.24, 2.45) is 0 Å². The van der Waals surface area contributed by atoms with E-state index in [1.807, 2.05) is 0 Å². The fourth-order valence-electron chi connectivity index (χ4n) is 1.87. The number of amides is 1. The first-order valence-electron chi connectivity index (χ1n) is 7.19. The second kappa shape index (κ2) is 8.72. The van der Waals surface area contributed by atoms with E-state index in [-0.39, 0.29) is 16.4 Å². The first-order valence-corrected chi connectivity index (χ1v) is 7.57. The molecular formula is C17H12ClFN2O5. The van der Waals surface area contributed by atoms with Gasteiger partial charge in [0.1, 0.15) is 11.5 Å². The fourth-order valence-corrected chi connectivity index (χ4v) is 2.04. The lowest BCUT2D eigenvalue weighted by molar-refractivity contribution is -0.383. The van der Waals surface area contributed by atoms with Crippen LogP contribution in [0.3, 0.4) is 0 Å². The summed E-state index contributed by atoms with van der Waals surface area (Å²) >= 11 is 5.68. The minimum atomic E-state index is -0.796. The summed E-state index contributed by atoms with van der Waals surface area (Å²) in [7, 11) is 0. The molecule has 1 N–H and O–H groups in total. The molecule has 26 heavy (non-hydrogen) atoms. The lowest BCUT2D eigenvalue weighted by Gasteiger charge is -2.06. The number of halogens is 2. The van der Waals surface area contributed by atoms with Crippen molar-refractivity contribution in [3.8, 4) is 0 Å². The Morgan fingerprint density at radius 2 is 1.92 bits per heavy atom. The number of carbonyl (C=O) groups is 2. The number of nitrogens with one attached hydrogen (secondary N) is 1. The Bertz CT molecular complexity index is 868. The molecule has 0 aliphatic carbocycles. The third-order valence-corrected chi connectivity index (χ3v) is 3.29. The summed E-state index contributed by atoms with van der Waals surface area (Å²) in [4.78, 5) is 33.6. The molecule has 0 fully saturated rings. The molecule has 0 spiro atoms. The lowest BCUT2D eigenvalue weighted by Crippen LogP contribution is -2.20. The zero-order valence-corrected chi connectivity index (χ0v) is 13.9. The monoisotopic (exact) mass is 378 g/mol. The third kappa shape index (κ3) is 5.67. The molecule has 1 amide bonds. The highest BCUT2D eigenvalue weighted by Gasteiger charge is 2.17. The molecule has 2 rings (SSSR count). The van der Waals surface area contributed by atoms with Gasteiger partial charge in [0.2, 0.25) is 0 Å². The number of esters is 1. The summed E-state index contributed by atoms with van der Waals surface area (Å²) in [6.45, 7) is -0.633. The van der Waals surface area contributed by atoms with Crippen molar-refractivity contribution < 1.29 is 23.6 Å². The zero-order valence-electron chi connectivity index (χ0n) is 13.1. The van der Waals surface area contributed by atoms with Crippen molar-refractivity contribution in [1.29, 1.82) is 0 Å². The Morgan fingerprint density at radius 1 is 1.23 bits per heavy atom. The van der Waals surface area contributed by atoms with Crippen LogP contribution in [0.15, 0.2) is 48.5 Å². The maximum atomic E-state index is 12.8. The van der Waals surface area contributed by atoms with E-state index < -0.39 is 29.2 Å². The standard InChI is InChI=1S/C17H12ClFN2O5/c18-12-4-7-14(15(9-12)21(24)25)20-16(22)10-26-17(23)8-3-11-1-5-13(19)6-2-11/h1-9H,10H2,(H,20,22)/b8-3+. The molecule has 0 saturated carbocycles. The predicted octanol–water partition coefficient (Wildman–Crippen LogP) is 3.58.